The second-order valence-electron chi connectivity index (χ2n) is 3.36. The Hall–Kier alpha value is -1.16. The van der Waals surface area contributed by atoms with Gasteiger partial charge in [0.05, 0.1) is 12.6 Å². The summed E-state index contributed by atoms with van der Waals surface area (Å²) in [6.07, 6.45) is 0. The highest BCUT2D eigenvalue weighted by molar-refractivity contribution is 7.15. The van der Waals surface area contributed by atoms with Crippen molar-refractivity contribution in [3.8, 4) is 10.4 Å². The number of nitrogens with two attached hydrogens (primary N) is 1. The molecule has 78 valence electrons. The third-order valence-electron chi connectivity index (χ3n) is 2.25. The first-order valence-corrected chi connectivity index (χ1v) is 5.64. The Morgan fingerprint density at radius 3 is 2.53 bits per heavy atom. The summed E-state index contributed by atoms with van der Waals surface area (Å²) in [4.78, 5) is 2.21. The molecule has 0 saturated carbocycles. The predicted octanol–water partition coefficient (Wildman–Crippen LogP) is 2.41. The average Bonchev–Trinajstić information content (AvgIpc) is 2.78. The Labute approximate surface area is 93.0 Å². The van der Waals surface area contributed by atoms with Crippen molar-refractivity contribution in [3.63, 3.8) is 0 Å². The van der Waals surface area contributed by atoms with E-state index in [1.165, 1.54) is 10.4 Å². The van der Waals surface area contributed by atoms with Crippen LogP contribution < -0.4 is 5.73 Å². The number of rotatable bonds is 3. The SMILES string of the molecule is N[C@H](CO)c1ccc(-c2ccccc2)s1. The van der Waals surface area contributed by atoms with Crippen LogP contribution in [-0.4, -0.2) is 11.7 Å². The zero-order chi connectivity index (χ0) is 10.7. The van der Waals surface area contributed by atoms with Crippen LogP contribution in [0.2, 0.25) is 0 Å². The van der Waals surface area contributed by atoms with Crippen molar-refractivity contribution in [1.82, 2.24) is 0 Å². The molecule has 1 heterocycles. The number of hydrogen-bond donors (Lipinski definition) is 2. The van der Waals surface area contributed by atoms with Crippen LogP contribution in [0.25, 0.3) is 10.4 Å². The molecule has 0 radical (unpaired) electrons. The lowest BCUT2D eigenvalue weighted by Crippen LogP contribution is -2.12. The van der Waals surface area contributed by atoms with Crippen molar-refractivity contribution in [2.45, 2.75) is 6.04 Å². The van der Waals surface area contributed by atoms with Gasteiger partial charge < -0.3 is 10.8 Å². The summed E-state index contributed by atoms with van der Waals surface area (Å²) in [5.41, 5.74) is 6.94. The topological polar surface area (TPSA) is 46.2 Å². The van der Waals surface area contributed by atoms with Crippen molar-refractivity contribution in [1.29, 1.82) is 0 Å². The number of benzene rings is 1. The zero-order valence-corrected chi connectivity index (χ0v) is 9.08. The summed E-state index contributed by atoms with van der Waals surface area (Å²) in [5, 5.41) is 8.95. The number of aliphatic hydroxyl groups excluding tert-OH is 1. The first-order chi connectivity index (χ1) is 7.31. The van der Waals surface area contributed by atoms with Crippen molar-refractivity contribution in [3.05, 3.63) is 47.3 Å². The van der Waals surface area contributed by atoms with Crippen molar-refractivity contribution in [2.24, 2.45) is 5.73 Å². The molecule has 0 amide bonds. The van der Waals surface area contributed by atoms with Crippen molar-refractivity contribution < 1.29 is 5.11 Å². The fourth-order valence-electron chi connectivity index (χ4n) is 1.40. The van der Waals surface area contributed by atoms with E-state index in [2.05, 4.69) is 12.1 Å². The van der Waals surface area contributed by atoms with Crippen LogP contribution in [0.3, 0.4) is 0 Å². The maximum atomic E-state index is 8.95. The van der Waals surface area contributed by atoms with Crippen molar-refractivity contribution >= 4 is 11.3 Å². The van der Waals surface area contributed by atoms with Gasteiger partial charge in [-0.3, -0.25) is 0 Å². The molecule has 1 atom stereocenters. The second-order valence-corrected chi connectivity index (χ2v) is 4.47. The fraction of sp³-hybridized carbons (Fsp3) is 0.167. The van der Waals surface area contributed by atoms with Crippen LogP contribution in [-0.2, 0) is 0 Å². The van der Waals surface area contributed by atoms with E-state index in [1.54, 1.807) is 11.3 Å². The quantitative estimate of drug-likeness (QED) is 0.832. The standard InChI is InChI=1S/C12H13NOS/c13-10(8-14)12-7-6-11(15-12)9-4-2-1-3-5-9/h1-7,10,14H,8,13H2/t10-/m1/s1. The molecule has 0 fully saturated rings. The molecule has 0 unspecified atom stereocenters. The Morgan fingerprint density at radius 2 is 1.87 bits per heavy atom. The molecule has 2 aromatic rings. The Balaban J connectivity index is 2.28. The van der Waals surface area contributed by atoms with Gasteiger partial charge in [-0.25, -0.2) is 0 Å². The van der Waals surface area contributed by atoms with Gasteiger partial charge in [0.15, 0.2) is 0 Å². The predicted molar refractivity (Wildman–Crippen MR) is 63.8 cm³/mol. The van der Waals surface area contributed by atoms with Crippen LogP contribution in [0.15, 0.2) is 42.5 Å². The average molecular weight is 219 g/mol. The first-order valence-electron chi connectivity index (χ1n) is 4.83. The normalized spacial score (nSPS) is 12.7. The highest BCUT2D eigenvalue weighted by Crippen LogP contribution is 2.30. The van der Waals surface area contributed by atoms with E-state index >= 15 is 0 Å². The number of aliphatic hydroxyl groups is 1. The van der Waals surface area contributed by atoms with Crippen LogP contribution in [0.1, 0.15) is 10.9 Å². The maximum absolute atomic E-state index is 8.95. The highest BCUT2D eigenvalue weighted by Gasteiger charge is 2.08. The van der Waals surface area contributed by atoms with Crippen LogP contribution in [0, 0.1) is 0 Å². The van der Waals surface area contributed by atoms with Gasteiger partial charge in [-0.2, -0.15) is 0 Å². The van der Waals surface area contributed by atoms with E-state index in [4.69, 9.17) is 10.8 Å². The molecule has 3 heteroatoms. The minimum absolute atomic E-state index is 0.00522. The fourth-order valence-corrected chi connectivity index (χ4v) is 2.41. The highest BCUT2D eigenvalue weighted by atomic mass is 32.1. The van der Waals surface area contributed by atoms with E-state index in [0.717, 1.165) is 4.88 Å². The molecule has 0 spiro atoms. The molecule has 3 N–H and O–H groups in total. The molecule has 0 aliphatic rings. The van der Waals surface area contributed by atoms with E-state index < -0.39 is 0 Å². The Morgan fingerprint density at radius 1 is 1.13 bits per heavy atom. The molecule has 1 aromatic heterocycles. The molecular weight excluding hydrogens is 206 g/mol. The molecule has 2 rings (SSSR count). The van der Waals surface area contributed by atoms with Gasteiger partial charge in [-0.15, -0.1) is 11.3 Å². The van der Waals surface area contributed by atoms with Crippen molar-refractivity contribution in [2.75, 3.05) is 6.61 Å². The Bertz CT molecular complexity index is 424. The van der Waals surface area contributed by atoms with Gasteiger partial charge in [0.25, 0.3) is 0 Å². The van der Waals surface area contributed by atoms with Gasteiger partial charge in [-0.1, -0.05) is 30.3 Å². The second kappa shape index (κ2) is 4.57. The third-order valence-corrected chi connectivity index (χ3v) is 3.51. The van der Waals surface area contributed by atoms with Gasteiger partial charge in [0, 0.05) is 9.75 Å². The molecule has 1 aromatic carbocycles. The summed E-state index contributed by atoms with van der Waals surface area (Å²) in [6, 6.07) is 13.9. The molecular formula is C12H13NOS. The summed E-state index contributed by atoms with van der Waals surface area (Å²) >= 11 is 1.63. The van der Waals surface area contributed by atoms with Gasteiger partial charge in [0.2, 0.25) is 0 Å². The number of hydrogen-bond acceptors (Lipinski definition) is 3. The van der Waals surface area contributed by atoms with Gasteiger partial charge in [-0.05, 0) is 17.7 Å². The largest absolute Gasteiger partial charge is 0.394 e. The summed E-state index contributed by atoms with van der Waals surface area (Å²) in [5.74, 6) is 0. The molecule has 0 aliphatic heterocycles. The molecule has 0 bridgehead atoms. The summed E-state index contributed by atoms with van der Waals surface area (Å²) < 4.78 is 0. The summed E-state index contributed by atoms with van der Waals surface area (Å²) in [6.45, 7) is -0.00522. The monoisotopic (exact) mass is 219 g/mol. The molecule has 15 heavy (non-hydrogen) atoms. The van der Waals surface area contributed by atoms with Crippen LogP contribution in [0.4, 0.5) is 0 Å². The lowest BCUT2D eigenvalue weighted by atomic mass is 10.2. The smallest absolute Gasteiger partial charge is 0.0632 e. The van der Waals surface area contributed by atoms with Crippen LogP contribution >= 0.6 is 11.3 Å². The van der Waals surface area contributed by atoms with E-state index in [0.29, 0.717) is 0 Å². The maximum Gasteiger partial charge on any atom is 0.0632 e. The van der Waals surface area contributed by atoms with E-state index in [9.17, 15) is 0 Å². The minimum Gasteiger partial charge on any atom is -0.394 e. The minimum atomic E-state index is -0.257. The first kappa shape index (κ1) is 10.4. The Kier molecular flexibility index (Phi) is 3.16. The number of thiophene rings is 1. The van der Waals surface area contributed by atoms with E-state index in [1.807, 2.05) is 30.3 Å². The van der Waals surface area contributed by atoms with E-state index in [-0.39, 0.29) is 12.6 Å². The zero-order valence-electron chi connectivity index (χ0n) is 8.26. The summed E-state index contributed by atoms with van der Waals surface area (Å²) in [7, 11) is 0. The molecule has 0 saturated heterocycles. The molecule has 0 aliphatic carbocycles. The van der Waals surface area contributed by atoms with Crippen LogP contribution in [0.5, 0.6) is 0 Å². The lowest BCUT2D eigenvalue weighted by molar-refractivity contribution is 0.269. The van der Waals surface area contributed by atoms with Gasteiger partial charge >= 0.3 is 0 Å². The third kappa shape index (κ3) is 2.26. The van der Waals surface area contributed by atoms with Gasteiger partial charge in [0.1, 0.15) is 0 Å². The lowest BCUT2D eigenvalue weighted by Gasteiger charge is -2.03. The molecule has 2 nitrogen and oxygen atoms in total.